The van der Waals surface area contributed by atoms with Gasteiger partial charge in [-0.2, -0.15) is 0 Å². The van der Waals surface area contributed by atoms with E-state index in [1.165, 1.54) is 12.1 Å². The van der Waals surface area contributed by atoms with Crippen LogP contribution < -0.4 is 11.1 Å². The number of hydrogen-bond acceptors (Lipinski definition) is 4. The van der Waals surface area contributed by atoms with Gasteiger partial charge in [0, 0.05) is 5.56 Å². The van der Waals surface area contributed by atoms with Crippen LogP contribution in [0.4, 0.5) is 28.9 Å². The summed E-state index contributed by atoms with van der Waals surface area (Å²) in [4.78, 5) is 32.8. The number of nitrogens with two attached hydrogens (primary N) is 1. The molecular formula is C21H14F4N2O5. The van der Waals surface area contributed by atoms with Crippen LogP contribution in [-0.4, -0.2) is 28.1 Å². The molecule has 0 saturated carbocycles. The maximum atomic E-state index is 13.8. The third kappa shape index (κ3) is 5.39. The van der Waals surface area contributed by atoms with Crippen LogP contribution in [0.5, 0.6) is 0 Å². The predicted molar refractivity (Wildman–Crippen MR) is 105 cm³/mol. The van der Waals surface area contributed by atoms with Crippen molar-refractivity contribution in [1.29, 1.82) is 0 Å². The SMILES string of the molecule is Nc1ccc(F)c(C(=O)O)c1F.O=C(Nc1ccc(F)c(C(=O)O)c1F)c1ccccc1. The topological polar surface area (TPSA) is 130 Å². The number of anilines is 2. The Bertz CT molecular complexity index is 1190. The third-order valence-electron chi connectivity index (χ3n) is 3.92. The molecule has 0 aliphatic heterocycles. The number of carboxylic acid groups (broad SMARTS) is 2. The molecule has 32 heavy (non-hydrogen) atoms. The van der Waals surface area contributed by atoms with Crippen molar-refractivity contribution >= 4 is 29.2 Å². The first-order chi connectivity index (χ1) is 15.0. The van der Waals surface area contributed by atoms with Crippen LogP contribution in [0.25, 0.3) is 0 Å². The van der Waals surface area contributed by atoms with E-state index in [4.69, 9.17) is 15.9 Å². The van der Waals surface area contributed by atoms with Gasteiger partial charge in [0.2, 0.25) is 0 Å². The Balaban J connectivity index is 0.000000258. The second-order valence-corrected chi connectivity index (χ2v) is 6.04. The van der Waals surface area contributed by atoms with Crippen LogP contribution in [0.3, 0.4) is 0 Å². The number of aromatic carboxylic acids is 2. The number of amides is 1. The van der Waals surface area contributed by atoms with Gasteiger partial charge in [0.25, 0.3) is 5.91 Å². The number of benzene rings is 3. The van der Waals surface area contributed by atoms with Crippen molar-refractivity contribution in [3.63, 3.8) is 0 Å². The van der Waals surface area contributed by atoms with E-state index in [-0.39, 0.29) is 11.3 Å². The molecule has 3 aromatic rings. The highest BCUT2D eigenvalue weighted by Crippen LogP contribution is 2.22. The molecule has 0 heterocycles. The van der Waals surface area contributed by atoms with E-state index in [0.717, 1.165) is 24.3 Å². The molecule has 0 aliphatic carbocycles. The van der Waals surface area contributed by atoms with E-state index < -0.39 is 57.9 Å². The molecule has 0 spiro atoms. The Hall–Kier alpha value is -4.41. The summed E-state index contributed by atoms with van der Waals surface area (Å²) in [5.74, 6) is -8.91. The highest BCUT2D eigenvalue weighted by atomic mass is 19.1. The highest BCUT2D eigenvalue weighted by Gasteiger charge is 2.21. The third-order valence-corrected chi connectivity index (χ3v) is 3.92. The maximum absolute atomic E-state index is 13.8. The molecule has 3 rings (SSSR count). The number of nitrogen functional groups attached to an aromatic ring is 1. The molecule has 0 aliphatic rings. The number of hydrogen-bond donors (Lipinski definition) is 4. The standard InChI is InChI=1S/C14H9F2NO3.C7H5F2NO2/c15-9-6-7-10(12(16)11(9)14(19)20)17-13(18)8-4-2-1-3-5-8;8-3-1-2-4(10)6(9)5(3)7(11)12/h1-7H,(H,17,18)(H,19,20);1-2H,10H2,(H,11,12). The fraction of sp³-hybridized carbons (Fsp3) is 0. The average molecular weight is 450 g/mol. The molecule has 0 radical (unpaired) electrons. The Labute approximate surface area is 177 Å². The quantitative estimate of drug-likeness (QED) is 0.349. The van der Waals surface area contributed by atoms with Gasteiger partial charge in [0.05, 0.1) is 11.4 Å². The summed E-state index contributed by atoms with van der Waals surface area (Å²) in [7, 11) is 0. The number of nitrogens with one attached hydrogen (secondary N) is 1. The van der Waals surface area contributed by atoms with E-state index in [1.807, 2.05) is 0 Å². The maximum Gasteiger partial charge on any atom is 0.341 e. The smallest absolute Gasteiger partial charge is 0.341 e. The van der Waals surface area contributed by atoms with Gasteiger partial charge in [-0.05, 0) is 36.4 Å². The number of halogens is 4. The van der Waals surface area contributed by atoms with E-state index >= 15 is 0 Å². The summed E-state index contributed by atoms with van der Waals surface area (Å²) in [5, 5.41) is 19.3. The van der Waals surface area contributed by atoms with Crippen LogP contribution in [0, 0.1) is 23.3 Å². The molecule has 0 unspecified atom stereocenters. The van der Waals surface area contributed by atoms with Crippen molar-refractivity contribution in [2.45, 2.75) is 0 Å². The van der Waals surface area contributed by atoms with E-state index in [2.05, 4.69) is 5.32 Å². The minimum atomic E-state index is -1.74. The lowest BCUT2D eigenvalue weighted by molar-refractivity contribution is 0.0675. The average Bonchev–Trinajstić information content (AvgIpc) is 2.74. The van der Waals surface area contributed by atoms with E-state index in [0.29, 0.717) is 0 Å². The molecule has 0 bridgehead atoms. The Kier molecular flexibility index (Phi) is 7.51. The summed E-state index contributed by atoms with van der Waals surface area (Å²) < 4.78 is 52.4. The van der Waals surface area contributed by atoms with E-state index in [1.54, 1.807) is 18.2 Å². The molecule has 0 fully saturated rings. The highest BCUT2D eigenvalue weighted by molar-refractivity contribution is 6.05. The van der Waals surface area contributed by atoms with Crippen LogP contribution in [0.15, 0.2) is 54.6 Å². The van der Waals surface area contributed by atoms with Crippen LogP contribution in [0.1, 0.15) is 31.1 Å². The summed E-state index contributed by atoms with van der Waals surface area (Å²) >= 11 is 0. The largest absolute Gasteiger partial charge is 0.477 e. The van der Waals surface area contributed by atoms with Crippen molar-refractivity contribution in [1.82, 2.24) is 0 Å². The first kappa shape index (κ1) is 23.9. The van der Waals surface area contributed by atoms with Gasteiger partial charge in [0.1, 0.15) is 22.8 Å². The molecule has 11 heteroatoms. The molecular weight excluding hydrogens is 436 g/mol. The van der Waals surface area contributed by atoms with Crippen LogP contribution in [-0.2, 0) is 0 Å². The lowest BCUT2D eigenvalue weighted by atomic mass is 10.1. The summed E-state index contributed by atoms with van der Waals surface area (Å²) in [6.07, 6.45) is 0. The van der Waals surface area contributed by atoms with Crippen LogP contribution in [0.2, 0.25) is 0 Å². The van der Waals surface area contributed by atoms with Crippen molar-refractivity contribution in [3.8, 4) is 0 Å². The van der Waals surface area contributed by atoms with Crippen molar-refractivity contribution < 1.29 is 42.2 Å². The number of carbonyl (C=O) groups is 3. The van der Waals surface area contributed by atoms with Crippen molar-refractivity contribution in [2.24, 2.45) is 0 Å². The Morgan fingerprint density at radius 2 is 1.22 bits per heavy atom. The minimum Gasteiger partial charge on any atom is -0.477 e. The molecule has 1 amide bonds. The fourth-order valence-electron chi connectivity index (χ4n) is 2.39. The molecule has 7 nitrogen and oxygen atoms in total. The van der Waals surface area contributed by atoms with Gasteiger partial charge >= 0.3 is 11.9 Å². The lowest BCUT2D eigenvalue weighted by Gasteiger charge is -2.08. The zero-order chi connectivity index (χ0) is 24.0. The van der Waals surface area contributed by atoms with Crippen LogP contribution >= 0.6 is 0 Å². The first-order valence-electron chi connectivity index (χ1n) is 8.59. The van der Waals surface area contributed by atoms with Gasteiger partial charge < -0.3 is 21.3 Å². The predicted octanol–water partition coefficient (Wildman–Crippen LogP) is 4.16. The van der Waals surface area contributed by atoms with Crippen molar-refractivity contribution in [3.05, 3.63) is 94.6 Å². The molecule has 0 atom stereocenters. The molecule has 3 aromatic carbocycles. The second kappa shape index (κ2) is 10.1. The molecule has 5 N–H and O–H groups in total. The first-order valence-corrected chi connectivity index (χ1v) is 8.59. The summed E-state index contributed by atoms with van der Waals surface area (Å²) in [5.41, 5.74) is 2.40. The van der Waals surface area contributed by atoms with Gasteiger partial charge in [-0.3, -0.25) is 4.79 Å². The Morgan fingerprint density at radius 1 is 0.719 bits per heavy atom. The second-order valence-electron chi connectivity index (χ2n) is 6.04. The monoisotopic (exact) mass is 450 g/mol. The minimum absolute atomic E-state index is 0.271. The van der Waals surface area contributed by atoms with Crippen molar-refractivity contribution in [2.75, 3.05) is 11.1 Å². The van der Waals surface area contributed by atoms with E-state index in [9.17, 15) is 31.9 Å². The molecule has 166 valence electrons. The summed E-state index contributed by atoms with van der Waals surface area (Å²) in [6, 6.07) is 11.5. The molecule has 0 aromatic heterocycles. The lowest BCUT2D eigenvalue weighted by Crippen LogP contribution is -2.15. The normalized spacial score (nSPS) is 10.0. The zero-order valence-electron chi connectivity index (χ0n) is 15.9. The molecule has 0 saturated heterocycles. The van der Waals surface area contributed by atoms with Gasteiger partial charge in [0.15, 0.2) is 11.6 Å². The van der Waals surface area contributed by atoms with Gasteiger partial charge in [-0.1, -0.05) is 18.2 Å². The number of rotatable bonds is 4. The van der Waals surface area contributed by atoms with Gasteiger partial charge in [-0.15, -0.1) is 0 Å². The summed E-state index contributed by atoms with van der Waals surface area (Å²) in [6.45, 7) is 0. The number of carboxylic acids is 2. The Morgan fingerprint density at radius 3 is 1.72 bits per heavy atom. The zero-order valence-corrected chi connectivity index (χ0v) is 15.9. The van der Waals surface area contributed by atoms with Gasteiger partial charge in [-0.25, -0.2) is 27.2 Å². The fourth-order valence-corrected chi connectivity index (χ4v) is 2.39. The number of carbonyl (C=O) groups excluding carboxylic acids is 1.